The maximum Gasteiger partial charge on any atom is 0.231 e. The Balaban J connectivity index is 0.000000330. The highest BCUT2D eigenvalue weighted by atomic mass is 16.7. The molecule has 3 aromatic rings. The molecule has 0 saturated carbocycles. The molecular weight excluding hydrogens is 470 g/mol. The van der Waals surface area contributed by atoms with Crippen LogP contribution in [0, 0.1) is 5.92 Å². The molecule has 7 rings (SSSR count). The predicted octanol–water partition coefficient (Wildman–Crippen LogP) is 5.55. The summed E-state index contributed by atoms with van der Waals surface area (Å²) in [5.41, 5.74) is 5.86. The molecule has 0 saturated heterocycles. The number of carbonyl (C=O) groups is 1. The highest BCUT2D eigenvalue weighted by molar-refractivity contribution is 6.02. The van der Waals surface area contributed by atoms with Gasteiger partial charge in [0.05, 0.1) is 0 Å². The predicted molar refractivity (Wildman–Crippen MR) is 152 cm³/mol. The van der Waals surface area contributed by atoms with Gasteiger partial charge in [-0.1, -0.05) is 74.5 Å². The van der Waals surface area contributed by atoms with E-state index < -0.39 is 0 Å². The lowest BCUT2D eigenvalue weighted by atomic mass is 9.69. The fourth-order valence-electron chi connectivity index (χ4n) is 5.79. The standard InChI is InChI=1S/C28H24O3.C6H7N/c1-28(2)15-19(27(29)18-8-12-25-26(14-18)31-16-30-25)13-23-22-9-7-17-5-3-4-6-20(17)21(22)10-11-24(23)28;1-2-4-6-7-5-3-1/h3-6,8-14,19H,7,15-16H2,1-2H3;1-7H. The second kappa shape index (κ2) is 9.86. The first-order valence-corrected chi connectivity index (χ1v) is 13.1. The van der Waals surface area contributed by atoms with Crippen LogP contribution in [-0.2, 0) is 11.8 Å². The van der Waals surface area contributed by atoms with Gasteiger partial charge in [-0.2, -0.15) is 0 Å². The van der Waals surface area contributed by atoms with Crippen molar-refractivity contribution >= 4 is 17.9 Å². The van der Waals surface area contributed by atoms with E-state index in [0.29, 0.717) is 17.1 Å². The largest absolute Gasteiger partial charge is 0.454 e. The number of nitrogens with one attached hydrogen (secondary N) is 1. The Hall–Kier alpha value is -4.31. The zero-order chi connectivity index (χ0) is 26.1. The normalized spacial score (nSPS) is 18.7. The van der Waals surface area contributed by atoms with Crippen LogP contribution < -0.4 is 25.2 Å². The minimum Gasteiger partial charge on any atom is -0.454 e. The highest BCUT2D eigenvalue weighted by Gasteiger charge is 2.34. The van der Waals surface area contributed by atoms with Gasteiger partial charge in [0.25, 0.3) is 0 Å². The molecule has 1 unspecified atom stereocenters. The van der Waals surface area contributed by atoms with Gasteiger partial charge >= 0.3 is 0 Å². The Morgan fingerprint density at radius 1 is 0.868 bits per heavy atom. The topological polar surface area (TPSA) is 47.6 Å². The summed E-state index contributed by atoms with van der Waals surface area (Å²) in [6.45, 7) is 4.72. The third-order valence-electron chi connectivity index (χ3n) is 7.66. The van der Waals surface area contributed by atoms with E-state index in [2.05, 4.69) is 67.7 Å². The quantitative estimate of drug-likeness (QED) is 0.468. The van der Waals surface area contributed by atoms with Gasteiger partial charge in [-0.25, -0.2) is 0 Å². The second-order valence-electron chi connectivity index (χ2n) is 10.6. The average molecular weight is 502 g/mol. The van der Waals surface area contributed by atoms with Crippen LogP contribution in [0.25, 0.3) is 23.3 Å². The van der Waals surface area contributed by atoms with Crippen LogP contribution in [-0.4, -0.2) is 12.6 Å². The molecule has 190 valence electrons. The van der Waals surface area contributed by atoms with Gasteiger partial charge in [0.1, 0.15) is 0 Å². The Morgan fingerprint density at radius 3 is 2.50 bits per heavy atom. The van der Waals surface area contributed by atoms with Crippen molar-refractivity contribution in [1.82, 2.24) is 5.32 Å². The van der Waals surface area contributed by atoms with Crippen molar-refractivity contribution in [3.05, 3.63) is 118 Å². The van der Waals surface area contributed by atoms with Crippen molar-refractivity contribution in [3.63, 3.8) is 0 Å². The lowest BCUT2D eigenvalue weighted by molar-refractivity contribution is 0.0933. The van der Waals surface area contributed by atoms with Gasteiger partial charge in [-0.05, 0) is 81.3 Å². The molecule has 4 heteroatoms. The number of ketones is 1. The van der Waals surface area contributed by atoms with Crippen LogP contribution in [0.4, 0.5) is 0 Å². The molecule has 0 aromatic heterocycles. The summed E-state index contributed by atoms with van der Waals surface area (Å²) < 4.78 is 10.9. The Kier molecular flexibility index (Phi) is 6.24. The first-order chi connectivity index (χ1) is 18.5. The molecule has 3 aromatic carbocycles. The van der Waals surface area contributed by atoms with Gasteiger partial charge in [-0.3, -0.25) is 4.79 Å². The third kappa shape index (κ3) is 4.47. The van der Waals surface area contributed by atoms with Crippen molar-refractivity contribution in [2.24, 2.45) is 5.92 Å². The number of fused-ring (bicyclic) bond motifs is 6. The fourth-order valence-corrected chi connectivity index (χ4v) is 5.79. The maximum atomic E-state index is 13.5. The Morgan fingerprint density at radius 2 is 1.66 bits per heavy atom. The van der Waals surface area contributed by atoms with E-state index >= 15 is 0 Å². The molecule has 0 radical (unpaired) electrons. The molecule has 4 aliphatic rings. The number of ether oxygens (including phenoxy) is 2. The first-order valence-electron chi connectivity index (χ1n) is 13.1. The molecule has 2 aliphatic carbocycles. The Bertz CT molecular complexity index is 1610. The van der Waals surface area contributed by atoms with E-state index in [-0.39, 0.29) is 23.9 Å². The number of hydrogen-bond donors (Lipinski definition) is 1. The van der Waals surface area contributed by atoms with Gasteiger partial charge in [0.15, 0.2) is 17.3 Å². The van der Waals surface area contributed by atoms with E-state index in [0.717, 1.165) is 12.8 Å². The molecule has 2 aliphatic heterocycles. The van der Waals surface area contributed by atoms with Gasteiger partial charge in [-0.15, -0.1) is 0 Å². The van der Waals surface area contributed by atoms with Gasteiger partial charge in [0.2, 0.25) is 6.79 Å². The lowest BCUT2D eigenvalue weighted by Gasteiger charge is -2.34. The van der Waals surface area contributed by atoms with Crippen molar-refractivity contribution in [2.45, 2.75) is 32.1 Å². The van der Waals surface area contributed by atoms with Crippen LogP contribution in [0.2, 0.25) is 0 Å². The van der Waals surface area contributed by atoms with Crippen molar-refractivity contribution in [1.29, 1.82) is 0 Å². The molecular formula is C34H31NO3. The van der Waals surface area contributed by atoms with E-state index in [1.807, 2.05) is 54.9 Å². The lowest BCUT2D eigenvalue weighted by Crippen LogP contribution is -2.43. The van der Waals surface area contributed by atoms with Crippen molar-refractivity contribution < 1.29 is 14.3 Å². The molecule has 0 amide bonds. The number of carbonyl (C=O) groups excluding carboxylic acids is 1. The summed E-state index contributed by atoms with van der Waals surface area (Å²) in [6.07, 6.45) is 17.8. The molecule has 2 heterocycles. The van der Waals surface area contributed by atoms with Crippen LogP contribution in [0.5, 0.6) is 11.5 Å². The zero-order valence-corrected chi connectivity index (χ0v) is 21.7. The molecule has 0 spiro atoms. The van der Waals surface area contributed by atoms with Crippen LogP contribution in [0.3, 0.4) is 0 Å². The smallest absolute Gasteiger partial charge is 0.231 e. The molecule has 38 heavy (non-hydrogen) atoms. The number of hydrogen-bond acceptors (Lipinski definition) is 4. The average Bonchev–Trinajstić information content (AvgIpc) is 3.20. The second-order valence-corrected chi connectivity index (χ2v) is 10.6. The summed E-state index contributed by atoms with van der Waals surface area (Å²) >= 11 is 0. The van der Waals surface area contributed by atoms with E-state index in [4.69, 9.17) is 9.47 Å². The first kappa shape index (κ1) is 24.1. The van der Waals surface area contributed by atoms with E-state index in [9.17, 15) is 4.79 Å². The number of Topliss-reactive ketones (excluding diaryl/α,β-unsaturated/α-hetero) is 1. The van der Waals surface area contributed by atoms with E-state index in [1.165, 1.54) is 32.7 Å². The summed E-state index contributed by atoms with van der Waals surface area (Å²) in [4.78, 5) is 13.5. The number of rotatable bonds is 2. The monoisotopic (exact) mass is 501 g/mol. The minimum atomic E-state index is -0.167. The molecule has 1 atom stereocenters. The maximum absolute atomic E-state index is 13.5. The summed E-state index contributed by atoms with van der Waals surface area (Å²) in [5.74, 6) is 1.34. The summed E-state index contributed by atoms with van der Waals surface area (Å²) in [7, 11) is 0. The zero-order valence-electron chi connectivity index (χ0n) is 21.7. The molecule has 0 fully saturated rings. The molecule has 0 bridgehead atoms. The molecule has 1 N–H and O–H groups in total. The van der Waals surface area contributed by atoms with E-state index in [1.54, 1.807) is 0 Å². The van der Waals surface area contributed by atoms with Crippen LogP contribution in [0.1, 0.15) is 41.8 Å². The van der Waals surface area contributed by atoms with Crippen LogP contribution >= 0.6 is 0 Å². The van der Waals surface area contributed by atoms with Crippen LogP contribution in [0.15, 0.2) is 91.3 Å². The van der Waals surface area contributed by atoms with Crippen molar-refractivity contribution in [2.75, 3.05) is 6.79 Å². The van der Waals surface area contributed by atoms with Gasteiger partial charge in [0, 0.05) is 23.9 Å². The SMILES string of the molecule is C1=CC=CNC=C1.CC1(C)CC(C(=O)c2ccc3c(c2)OCO3)C=c2c1ccc1c2=CCc2ccccc2-1. The minimum absolute atomic E-state index is 0.0828. The number of benzene rings is 3. The highest BCUT2D eigenvalue weighted by Crippen LogP contribution is 2.37. The summed E-state index contributed by atoms with van der Waals surface area (Å²) in [5, 5.41) is 5.42. The molecule has 4 nitrogen and oxygen atoms in total. The fraction of sp³-hybridized carbons (Fsp3) is 0.206. The summed E-state index contributed by atoms with van der Waals surface area (Å²) in [6, 6.07) is 18.7. The van der Waals surface area contributed by atoms with Gasteiger partial charge < -0.3 is 14.8 Å². The number of allylic oxidation sites excluding steroid dienone is 4. The Labute approximate surface area is 223 Å². The third-order valence-corrected chi connectivity index (χ3v) is 7.66. The van der Waals surface area contributed by atoms with Crippen molar-refractivity contribution in [3.8, 4) is 22.6 Å².